The summed E-state index contributed by atoms with van der Waals surface area (Å²) < 4.78 is 0. The van der Waals surface area contributed by atoms with Crippen LogP contribution >= 0.6 is 11.8 Å². The Morgan fingerprint density at radius 1 is 0.775 bits per heavy atom. The molecule has 2 amide bonds. The summed E-state index contributed by atoms with van der Waals surface area (Å²) >= 11 is 1.89. The average Bonchev–Trinajstić information content (AvgIpc) is 3.19. The van der Waals surface area contributed by atoms with Crippen molar-refractivity contribution in [3.05, 3.63) is 102 Å². The van der Waals surface area contributed by atoms with Crippen molar-refractivity contribution in [1.82, 2.24) is 9.96 Å². The first kappa shape index (κ1) is 28.7. The number of hydrogen-bond acceptors (Lipinski definition) is 4. The molecule has 5 rings (SSSR count). The van der Waals surface area contributed by atoms with Gasteiger partial charge in [0.05, 0.1) is 18.7 Å². The highest BCUT2D eigenvalue weighted by molar-refractivity contribution is 7.98. The second kappa shape index (κ2) is 12.4. The molecule has 0 N–H and O–H groups in total. The molecule has 0 spiro atoms. The second-order valence-corrected chi connectivity index (χ2v) is 13.3. The van der Waals surface area contributed by atoms with E-state index in [0.717, 1.165) is 35.6 Å². The molecule has 40 heavy (non-hydrogen) atoms. The zero-order valence-electron chi connectivity index (χ0n) is 24.3. The molecule has 3 aromatic rings. The number of benzene rings is 3. The quantitative estimate of drug-likeness (QED) is 0.255. The molecule has 2 atom stereocenters. The van der Waals surface area contributed by atoms with Crippen molar-refractivity contribution >= 4 is 23.5 Å². The molecule has 0 radical (unpaired) electrons. The number of hydroxylamine groups is 2. The van der Waals surface area contributed by atoms with E-state index in [-0.39, 0.29) is 29.2 Å². The Morgan fingerprint density at radius 2 is 1.32 bits per heavy atom. The minimum absolute atomic E-state index is 0.00219. The van der Waals surface area contributed by atoms with Crippen molar-refractivity contribution in [3.8, 4) is 0 Å². The minimum atomic E-state index is -0.115. The number of carbonyl (C=O) groups excluding carboxylic acids is 1. The Bertz CT molecular complexity index is 1220. The normalized spacial score (nSPS) is 22.6. The van der Waals surface area contributed by atoms with Crippen LogP contribution in [0, 0.1) is 0 Å². The first-order valence-corrected chi connectivity index (χ1v) is 15.7. The fourth-order valence-electron chi connectivity index (χ4n) is 6.39. The van der Waals surface area contributed by atoms with Crippen LogP contribution in [0.5, 0.6) is 0 Å². The van der Waals surface area contributed by atoms with E-state index < -0.39 is 0 Å². The number of nitrogens with zero attached hydrogens (tertiary/aromatic N) is 3. The Balaban J connectivity index is 1.45. The zero-order valence-corrected chi connectivity index (χ0v) is 25.1. The van der Waals surface area contributed by atoms with Gasteiger partial charge in [-0.05, 0) is 70.2 Å². The molecular weight excluding hydrogens is 514 g/mol. The van der Waals surface area contributed by atoms with Crippen molar-refractivity contribution in [2.24, 2.45) is 0 Å². The maximum Gasteiger partial charge on any atom is 0.325 e. The van der Waals surface area contributed by atoms with Gasteiger partial charge in [0.15, 0.2) is 0 Å². The molecule has 2 saturated heterocycles. The number of urea groups is 1. The van der Waals surface area contributed by atoms with Crippen LogP contribution in [-0.4, -0.2) is 51.5 Å². The largest absolute Gasteiger partial charge is 0.325 e. The lowest BCUT2D eigenvalue weighted by Crippen LogP contribution is -2.59. The number of anilines is 1. The summed E-state index contributed by atoms with van der Waals surface area (Å²) in [5.41, 5.74) is 3.23. The van der Waals surface area contributed by atoms with Crippen LogP contribution in [0.15, 0.2) is 91.0 Å². The van der Waals surface area contributed by atoms with Gasteiger partial charge in [-0.25, -0.2) is 4.79 Å². The number of thioether (sulfide) groups is 1. The summed E-state index contributed by atoms with van der Waals surface area (Å²) in [5, 5.41) is 2.23. The number of piperidine rings is 1. The lowest BCUT2D eigenvalue weighted by molar-refractivity contribution is -0.282. The molecular formula is C34H43N3O2S. The molecule has 0 bridgehead atoms. The van der Waals surface area contributed by atoms with Crippen molar-refractivity contribution < 1.29 is 9.63 Å². The Kier molecular flexibility index (Phi) is 8.89. The van der Waals surface area contributed by atoms with Crippen molar-refractivity contribution in [3.63, 3.8) is 0 Å². The van der Waals surface area contributed by atoms with Crippen LogP contribution in [0.2, 0.25) is 0 Å². The van der Waals surface area contributed by atoms with Gasteiger partial charge < -0.3 is 4.90 Å². The second-order valence-electron chi connectivity index (χ2n) is 12.3. The van der Waals surface area contributed by atoms with Gasteiger partial charge in [-0.2, -0.15) is 16.8 Å². The molecule has 2 aliphatic rings. The standard InChI is InChI=1S/C34H43N3O2S/c1-33(2)21-14-22-34(3,4)37(33)39-24-30-31(26-40-25-28-17-10-6-11-18-28)35(23-27-15-8-5-9-16-27)32(38)36(30)29-19-12-7-13-20-29/h5-13,15-20,30-31H,14,21-26H2,1-4H3/t30-,31-/m1/s1. The van der Waals surface area contributed by atoms with Gasteiger partial charge in [-0.15, -0.1) is 0 Å². The third-order valence-electron chi connectivity index (χ3n) is 8.31. The van der Waals surface area contributed by atoms with Gasteiger partial charge in [-0.3, -0.25) is 9.74 Å². The van der Waals surface area contributed by atoms with Gasteiger partial charge in [-0.1, -0.05) is 78.9 Å². The average molecular weight is 558 g/mol. The van der Waals surface area contributed by atoms with E-state index in [1.807, 2.05) is 65.2 Å². The van der Waals surface area contributed by atoms with Crippen LogP contribution < -0.4 is 4.90 Å². The molecule has 2 heterocycles. The summed E-state index contributed by atoms with van der Waals surface area (Å²) in [7, 11) is 0. The first-order chi connectivity index (χ1) is 19.3. The smallest absolute Gasteiger partial charge is 0.314 e. The van der Waals surface area contributed by atoms with E-state index in [2.05, 4.69) is 80.1 Å². The zero-order chi connectivity index (χ0) is 28.2. The van der Waals surface area contributed by atoms with E-state index in [9.17, 15) is 4.79 Å². The predicted molar refractivity (Wildman–Crippen MR) is 166 cm³/mol. The van der Waals surface area contributed by atoms with Crippen LogP contribution in [-0.2, 0) is 17.1 Å². The molecule has 2 aliphatic heterocycles. The summed E-state index contributed by atoms with van der Waals surface area (Å²) in [4.78, 5) is 25.1. The molecule has 212 valence electrons. The van der Waals surface area contributed by atoms with E-state index in [1.165, 1.54) is 12.0 Å². The van der Waals surface area contributed by atoms with E-state index in [4.69, 9.17) is 4.84 Å². The third-order valence-corrected chi connectivity index (χ3v) is 9.42. The maximum atomic E-state index is 14.2. The van der Waals surface area contributed by atoms with Crippen LogP contribution in [0.1, 0.15) is 58.1 Å². The highest BCUT2D eigenvalue weighted by Crippen LogP contribution is 2.40. The number of rotatable bonds is 10. The summed E-state index contributed by atoms with van der Waals surface area (Å²) in [6.45, 7) is 10.1. The van der Waals surface area contributed by atoms with Gasteiger partial charge in [0.2, 0.25) is 0 Å². The van der Waals surface area contributed by atoms with Gasteiger partial charge in [0.1, 0.15) is 0 Å². The van der Waals surface area contributed by atoms with E-state index in [0.29, 0.717) is 13.2 Å². The topological polar surface area (TPSA) is 36.0 Å². The lowest BCUT2D eigenvalue weighted by Gasteiger charge is -2.51. The lowest BCUT2D eigenvalue weighted by atomic mass is 9.82. The Hall–Kier alpha value is -2.80. The predicted octanol–water partition coefficient (Wildman–Crippen LogP) is 7.77. The van der Waals surface area contributed by atoms with Crippen LogP contribution in [0.4, 0.5) is 10.5 Å². The van der Waals surface area contributed by atoms with Crippen molar-refractivity contribution in [1.29, 1.82) is 0 Å². The fourth-order valence-corrected chi connectivity index (χ4v) is 7.58. The van der Waals surface area contributed by atoms with Crippen molar-refractivity contribution in [2.45, 2.75) is 82.4 Å². The molecule has 5 nitrogen and oxygen atoms in total. The third kappa shape index (κ3) is 6.40. The fraction of sp³-hybridized carbons (Fsp3) is 0.441. The summed E-state index contributed by atoms with van der Waals surface area (Å²) in [6, 6.07) is 31.0. The molecule has 6 heteroatoms. The molecule has 0 unspecified atom stereocenters. The number of hydrogen-bond donors (Lipinski definition) is 0. The molecule has 0 aromatic heterocycles. The van der Waals surface area contributed by atoms with Gasteiger partial charge >= 0.3 is 6.03 Å². The molecule has 3 aromatic carbocycles. The SMILES string of the molecule is CC1(C)CCCC(C)(C)N1OC[C@@H]1[C@@H](CSCc2ccccc2)N(Cc2ccccc2)C(=O)N1c1ccccc1. The van der Waals surface area contributed by atoms with Crippen molar-refractivity contribution in [2.75, 3.05) is 17.3 Å². The number of amides is 2. The van der Waals surface area contributed by atoms with Gasteiger partial charge in [0, 0.05) is 34.8 Å². The summed E-state index contributed by atoms with van der Waals surface area (Å²) in [5.74, 6) is 1.74. The maximum absolute atomic E-state index is 14.2. The highest BCUT2D eigenvalue weighted by Gasteiger charge is 2.48. The van der Waals surface area contributed by atoms with Crippen LogP contribution in [0.3, 0.4) is 0 Å². The molecule has 0 saturated carbocycles. The number of para-hydroxylation sites is 1. The summed E-state index contributed by atoms with van der Waals surface area (Å²) in [6.07, 6.45) is 3.39. The highest BCUT2D eigenvalue weighted by atomic mass is 32.2. The number of carbonyl (C=O) groups is 1. The Morgan fingerprint density at radius 3 is 1.93 bits per heavy atom. The van der Waals surface area contributed by atoms with Crippen LogP contribution in [0.25, 0.3) is 0 Å². The first-order valence-electron chi connectivity index (χ1n) is 14.5. The monoisotopic (exact) mass is 557 g/mol. The van der Waals surface area contributed by atoms with E-state index >= 15 is 0 Å². The molecule has 2 fully saturated rings. The molecule has 0 aliphatic carbocycles. The van der Waals surface area contributed by atoms with Gasteiger partial charge in [0.25, 0.3) is 0 Å². The Labute approximate surface area is 244 Å². The van der Waals surface area contributed by atoms with E-state index in [1.54, 1.807) is 0 Å². The minimum Gasteiger partial charge on any atom is -0.314 e.